The number of rotatable bonds is 1. The van der Waals surface area contributed by atoms with Crippen LogP contribution in [0.15, 0.2) is 0 Å². The van der Waals surface area contributed by atoms with Crippen molar-refractivity contribution in [3.8, 4) is 0 Å². The van der Waals surface area contributed by atoms with Crippen molar-refractivity contribution in [2.45, 2.75) is 25.8 Å². The number of ether oxygens (including phenoxy) is 1. The summed E-state index contributed by atoms with van der Waals surface area (Å²) in [5, 5.41) is 0. The number of nitrogens with zero attached hydrogens (tertiary/aromatic N) is 2. The van der Waals surface area contributed by atoms with Crippen LogP contribution in [0.25, 0.3) is 0 Å². The molecule has 1 heterocycles. The van der Waals surface area contributed by atoms with Crippen molar-refractivity contribution >= 4 is 5.91 Å². The Balaban J connectivity index is 2.81. The van der Waals surface area contributed by atoms with Crippen molar-refractivity contribution in [3.05, 3.63) is 0 Å². The molecule has 4 nitrogen and oxygen atoms in total. The second-order valence-electron chi connectivity index (χ2n) is 3.83. The zero-order valence-electron chi connectivity index (χ0n) is 8.29. The fourth-order valence-electron chi connectivity index (χ4n) is 1.37. The molecule has 0 spiro atoms. The third kappa shape index (κ3) is 1.32. The van der Waals surface area contributed by atoms with E-state index in [2.05, 4.69) is 0 Å². The molecule has 0 aliphatic carbocycles. The van der Waals surface area contributed by atoms with E-state index < -0.39 is 5.60 Å². The van der Waals surface area contributed by atoms with E-state index >= 15 is 0 Å². The minimum atomic E-state index is -0.677. The lowest BCUT2D eigenvalue weighted by atomic mass is 10.1. The number of carbonyl (C=O) groups is 1. The van der Waals surface area contributed by atoms with Crippen LogP contribution in [-0.4, -0.2) is 48.8 Å². The lowest BCUT2D eigenvalue weighted by Gasteiger charge is -2.24. The highest BCUT2D eigenvalue weighted by molar-refractivity contribution is 5.85. The lowest BCUT2D eigenvalue weighted by Crippen LogP contribution is -2.40. The zero-order valence-corrected chi connectivity index (χ0v) is 8.29. The monoisotopic (exact) mass is 172 g/mol. The van der Waals surface area contributed by atoms with E-state index in [9.17, 15) is 4.79 Å². The first-order chi connectivity index (χ1) is 5.36. The van der Waals surface area contributed by atoms with E-state index in [0.717, 1.165) is 0 Å². The summed E-state index contributed by atoms with van der Waals surface area (Å²) in [6.07, 6.45) is -0.229. The summed E-state index contributed by atoms with van der Waals surface area (Å²) < 4.78 is 5.54. The van der Waals surface area contributed by atoms with Crippen LogP contribution in [0.4, 0.5) is 0 Å². The van der Waals surface area contributed by atoms with Crippen molar-refractivity contribution in [2.75, 3.05) is 21.1 Å². The molecule has 1 unspecified atom stereocenters. The molecule has 0 aromatic heterocycles. The van der Waals surface area contributed by atoms with Crippen LogP contribution in [0.5, 0.6) is 0 Å². The predicted molar refractivity (Wildman–Crippen MR) is 45.4 cm³/mol. The Kier molecular flexibility index (Phi) is 2.14. The normalized spacial score (nSPS) is 28.7. The maximum absolute atomic E-state index is 11.5. The zero-order chi connectivity index (χ0) is 9.52. The van der Waals surface area contributed by atoms with Crippen LogP contribution in [-0.2, 0) is 9.53 Å². The summed E-state index contributed by atoms with van der Waals surface area (Å²) >= 11 is 0. The molecular weight excluding hydrogens is 156 g/mol. The molecule has 70 valence electrons. The minimum Gasteiger partial charge on any atom is -0.329 e. The number of carbonyl (C=O) groups excluding carboxylic acids is 1. The molecule has 1 amide bonds. The van der Waals surface area contributed by atoms with E-state index in [1.165, 1.54) is 0 Å². The molecule has 1 saturated heterocycles. The molecule has 0 aromatic rings. The molecule has 0 bridgehead atoms. The van der Waals surface area contributed by atoms with E-state index in [-0.39, 0.29) is 12.3 Å². The van der Waals surface area contributed by atoms with Gasteiger partial charge in [0.2, 0.25) is 0 Å². The van der Waals surface area contributed by atoms with Crippen LogP contribution < -0.4 is 0 Å². The predicted octanol–water partition coefficient (Wildman–Crippen LogP) is 0.0988. The van der Waals surface area contributed by atoms with Gasteiger partial charge in [-0.25, -0.2) is 0 Å². The maximum atomic E-state index is 11.5. The quantitative estimate of drug-likeness (QED) is 0.562. The summed E-state index contributed by atoms with van der Waals surface area (Å²) in [5.74, 6) is 0.0289. The van der Waals surface area contributed by atoms with E-state index in [1.807, 2.05) is 19.0 Å². The summed E-state index contributed by atoms with van der Waals surface area (Å²) in [5.41, 5.74) is -0.677. The molecule has 1 aliphatic rings. The van der Waals surface area contributed by atoms with Gasteiger partial charge in [0.15, 0.2) is 6.35 Å². The molecule has 1 fully saturated rings. The Morgan fingerprint density at radius 3 is 2.17 bits per heavy atom. The summed E-state index contributed by atoms with van der Waals surface area (Å²) in [6.45, 7) is 3.57. The van der Waals surface area contributed by atoms with Crippen molar-refractivity contribution in [3.63, 3.8) is 0 Å². The van der Waals surface area contributed by atoms with Gasteiger partial charge in [-0.05, 0) is 27.9 Å². The van der Waals surface area contributed by atoms with Gasteiger partial charge in [-0.2, -0.15) is 0 Å². The fraction of sp³-hybridized carbons (Fsp3) is 0.875. The Morgan fingerprint density at radius 1 is 1.50 bits per heavy atom. The van der Waals surface area contributed by atoms with Crippen LogP contribution in [0.2, 0.25) is 0 Å². The van der Waals surface area contributed by atoms with Gasteiger partial charge < -0.3 is 9.64 Å². The first-order valence-corrected chi connectivity index (χ1v) is 3.98. The molecule has 1 atom stereocenters. The van der Waals surface area contributed by atoms with Crippen molar-refractivity contribution in [1.29, 1.82) is 0 Å². The lowest BCUT2D eigenvalue weighted by molar-refractivity contribution is -0.134. The van der Waals surface area contributed by atoms with Gasteiger partial charge in [-0.3, -0.25) is 9.69 Å². The molecule has 1 aliphatic heterocycles. The van der Waals surface area contributed by atoms with Gasteiger partial charge in [0, 0.05) is 7.05 Å². The van der Waals surface area contributed by atoms with E-state index in [1.54, 1.807) is 25.8 Å². The Labute approximate surface area is 73.1 Å². The molecular formula is C8H16N2O2. The third-order valence-corrected chi connectivity index (χ3v) is 2.01. The van der Waals surface area contributed by atoms with E-state index in [4.69, 9.17) is 4.74 Å². The number of likely N-dealkylation sites (N-methyl/N-ethyl adjacent to an activating group) is 1. The van der Waals surface area contributed by atoms with E-state index in [0.29, 0.717) is 0 Å². The average molecular weight is 172 g/mol. The minimum absolute atomic E-state index is 0.0289. The van der Waals surface area contributed by atoms with Gasteiger partial charge in [-0.1, -0.05) is 0 Å². The Bertz CT molecular complexity index is 201. The van der Waals surface area contributed by atoms with Crippen molar-refractivity contribution < 1.29 is 9.53 Å². The van der Waals surface area contributed by atoms with Gasteiger partial charge in [0.05, 0.1) is 0 Å². The number of hydrogen-bond donors (Lipinski definition) is 0. The maximum Gasteiger partial charge on any atom is 0.257 e. The molecule has 12 heavy (non-hydrogen) atoms. The molecule has 4 heteroatoms. The topological polar surface area (TPSA) is 32.8 Å². The summed E-state index contributed by atoms with van der Waals surface area (Å²) in [6, 6.07) is 0. The first-order valence-electron chi connectivity index (χ1n) is 3.98. The molecule has 0 aromatic carbocycles. The van der Waals surface area contributed by atoms with Crippen molar-refractivity contribution in [1.82, 2.24) is 9.80 Å². The molecule has 0 saturated carbocycles. The Hall–Kier alpha value is -0.610. The molecule has 0 radical (unpaired) electrons. The van der Waals surface area contributed by atoms with Crippen molar-refractivity contribution in [2.24, 2.45) is 0 Å². The second kappa shape index (κ2) is 2.71. The highest BCUT2D eigenvalue weighted by Gasteiger charge is 2.45. The highest BCUT2D eigenvalue weighted by atomic mass is 16.6. The van der Waals surface area contributed by atoms with Gasteiger partial charge in [-0.15, -0.1) is 0 Å². The second-order valence-corrected chi connectivity index (χ2v) is 3.83. The highest BCUT2D eigenvalue weighted by Crippen LogP contribution is 2.25. The van der Waals surface area contributed by atoms with Gasteiger partial charge in [0.25, 0.3) is 5.91 Å². The standard InChI is InChI=1S/C8H16N2O2/c1-8(2)6(11)10(5)7(12-8)9(3)4/h7H,1-5H3. The van der Waals surface area contributed by atoms with Crippen LogP contribution in [0.3, 0.4) is 0 Å². The largest absolute Gasteiger partial charge is 0.329 e. The Morgan fingerprint density at radius 2 is 2.00 bits per heavy atom. The summed E-state index contributed by atoms with van der Waals surface area (Å²) in [4.78, 5) is 15.0. The van der Waals surface area contributed by atoms with Crippen LogP contribution in [0, 0.1) is 0 Å². The van der Waals surface area contributed by atoms with Gasteiger partial charge >= 0.3 is 0 Å². The van der Waals surface area contributed by atoms with Crippen LogP contribution in [0.1, 0.15) is 13.8 Å². The SMILES string of the molecule is CN(C)C1OC(C)(C)C(=O)N1C. The molecule has 1 rings (SSSR count). The number of amides is 1. The first kappa shape index (κ1) is 9.48. The molecule has 0 N–H and O–H groups in total. The number of hydrogen-bond acceptors (Lipinski definition) is 3. The summed E-state index contributed by atoms with van der Waals surface area (Å²) in [7, 11) is 5.52. The third-order valence-electron chi connectivity index (χ3n) is 2.01. The smallest absolute Gasteiger partial charge is 0.257 e. The fourth-order valence-corrected chi connectivity index (χ4v) is 1.37. The van der Waals surface area contributed by atoms with Gasteiger partial charge in [0.1, 0.15) is 5.60 Å². The van der Waals surface area contributed by atoms with Crippen LogP contribution >= 0.6 is 0 Å². The average Bonchev–Trinajstić information content (AvgIpc) is 2.14.